The highest BCUT2D eigenvalue weighted by Crippen LogP contribution is 2.18. The van der Waals surface area contributed by atoms with Gasteiger partial charge in [-0.05, 0) is 18.2 Å². The number of halogens is 1. The lowest BCUT2D eigenvalue weighted by Gasteiger charge is -2.14. The molecule has 1 fully saturated rings. The number of carbonyl (C=O) groups excluding carboxylic acids is 2. The molecule has 0 spiro atoms. The number of hydrogen-bond donors (Lipinski definition) is 1. The summed E-state index contributed by atoms with van der Waals surface area (Å²) in [6.07, 6.45) is 0. The average Bonchev–Trinajstić information content (AvgIpc) is 2.56. The van der Waals surface area contributed by atoms with Gasteiger partial charge in [-0.3, -0.25) is 14.5 Å². The topological polar surface area (TPSA) is 49.4 Å². The molecule has 16 heavy (non-hydrogen) atoms. The maximum atomic E-state index is 12.8. The number of carbonyl (C=O) groups is 2. The smallest absolute Gasteiger partial charge is 0.290 e. The Labute approximate surface area is 95.8 Å². The lowest BCUT2D eigenvalue weighted by atomic mass is 10.3. The Morgan fingerprint density at radius 2 is 2.25 bits per heavy atom. The second-order valence-electron chi connectivity index (χ2n) is 3.22. The maximum Gasteiger partial charge on any atom is 0.290 e. The van der Waals surface area contributed by atoms with Crippen LogP contribution in [0.25, 0.3) is 0 Å². The molecule has 4 nitrogen and oxygen atoms in total. The number of hydrogen-bond acceptors (Lipinski definition) is 4. The van der Waals surface area contributed by atoms with Gasteiger partial charge in [-0.1, -0.05) is 17.8 Å². The largest absolute Gasteiger partial charge is 0.367 e. The standard InChI is InChI=1S/C10H9FN2O2S/c11-7-2-1-3-8(4-7)12-6-13-9(14)5-16-10(13)15/h1-4,12H,5-6H2. The summed E-state index contributed by atoms with van der Waals surface area (Å²) in [7, 11) is 0. The Kier molecular flexibility index (Phi) is 3.09. The SMILES string of the molecule is O=C1CSC(=O)N1CNc1cccc(F)c1. The fourth-order valence-corrected chi connectivity index (χ4v) is 2.03. The first-order valence-corrected chi connectivity index (χ1v) is 5.62. The van der Waals surface area contributed by atoms with Crippen molar-refractivity contribution in [2.24, 2.45) is 0 Å². The van der Waals surface area contributed by atoms with E-state index in [1.165, 1.54) is 12.1 Å². The quantitative estimate of drug-likeness (QED) is 0.876. The van der Waals surface area contributed by atoms with Crippen molar-refractivity contribution in [3.05, 3.63) is 30.1 Å². The van der Waals surface area contributed by atoms with Gasteiger partial charge in [-0.2, -0.15) is 0 Å². The summed E-state index contributed by atoms with van der Waals surface area (Å²) in [4.78, 5) is 23.6. The number of nitrogens with zero attached hydrogens (tertiary/aromatic N) is 1. The molecule has 2 rings (SSSR count). The van der Waals surface area contributed by atoms with Crippen LogP contribution in [0.1, 0.15) is 0 Å². The van der Waals surface area contributed by atoms with Crippen molar-refractivity contribution < 1.29 is 14.0 Å². The molecule has 0 radical (unpaired) electrons. The van der Waals surface area contributed by atoms with E-state index in [1.807, 2.05) is 0 Å². The van der Waals surface area contributed by atoms with Gasteiger partial charge in [-0.15, -0.1) is 0 Å². The molecule has 0 aliphatic carbocycles. The Balaban J connectivity index is 1.97. The van der Waals surface area contributed by atoms with Gasteiger partial charge in [0.15, 0.2) is 0 Å². The van der Waals surface area contributed by atoms with Crippen molar-refractivity contribution in [2.75, 3.05) is 17.7 Å². The zero-order valence-electron chi connectivity index (χ0n) is 8.27. The first-order chi connectivity index (χ1) is 7.66. The van der Waals surface area contributed by atoms with Gasteiger partial charge in [0.05, 0.1) is 12.4 Å². The fourth-order valence-electron chi connectivity index (χ4n) is 1.30. The van der Waals surface area contributed by atoms with E-state index in [0.29, 0.717) is 5.69 Å². The summed E-state index contributed by atoms with van der Waals surface area (Å²) in [5.74, 6) is -0.402. The van der Waals surface area contributed by atoms with Crippen LogP contribution in [0, 0.1) is 5.82 Å². The number of benzene rings is 1. The number of amides is 2. The highest BCUT2D eigenvalue weighted by Gasteiger charge is 2.29. The van der Waals surface area contributed by atoms with Gasteiger partial charge >= 0.3 is 0 Å². The number of imide groups is 1. The molecule has 2 amide bonds. The number of anilines is 1. The highest BCUT2D eigenvalue weighted by molar-refractivity contribution is 8.14. The Morgan fingerprint density at radius 1 is 1.44 bits per heavy atom. The van der Waals surface area contributed by atoms with E-state index in [0.717, 1.165) is 16.7 Å². The Bertz CT molecular complexity index is 423. The highest BCUT2D eigenvalue weighted by atomic mass is 32.2. The summed E-state index contributed by atoms with van der Waals surface area (Å²) in [6.45, 7) is 0.0775. The minimum absolute atomic E-state index is 0.0775. The summed E-state index contributed by atoms with van der Waals surface area (Å²) >= 11 is 0.975. The van der Waals surface area contributed by atoms with Crippen molar-refractivity contribution in [3.63, 3.8) is 0 Å². The van der Waals surface area contributed by atoms with Crippen molar-refractivity contribution in [1.82, 2.24) is 4.90 Å². The van der Waals surface area contributed by atoms with Crippen LogP contribution in [0.5, 0.6) is 0 Å². The summed E-state index contributed by atoms with van der Waals surface area (Å²) in [5.41, 5.74) is 0.539. The molecular formula is C10H9FN2O2S. The van der Waals surface area contributed by atoms with E-state index >= 15 is 0 Å². The monoisotopic (exact) mass is 240 g/mol. The third-order valence-electron chi connectivity index (χ3n) is 2.11. The van der Waals surface area contributed by atoms with E-state index in [9.17, 15) is 14.0 Å². The lowest BCUT2D eigenvalue weighted by Crippen LogP contribution is -2.33. The third kappa shape index (κ3) is 2.33. The van der Waals surface area contributed by atoms with E-state index in [4.69, 9.17) is 0 Å². The molecule has 1 heterocycles. The molecule has 0 aromatic heterocycles. The van der Waals surface area contributed by atoms with E-state index in [-0.39, 0.29) is 29.4 Å². The van der Waals surface area contributed by atoms with Gasteiger partial charge in [0, 0.05) is 5.69 Å². The summed E-state index contributed by atoms with van der Waals surface area (Å²) in [5, 5.41) is 2.55. The van der Waals surface area contributed by atoms with Gasteiger partial charge in [0.25, 0.3) is 5.24 Å². The van der Waals surface area contributed by atoms with Crippen LogP contribution in [-0.4, -0.2) is 28.5 Å². The zero-order chi connectivity index (χ0) is 11.5. The van der Waals surface area contributed by atoms with Crippen molar-refractivity contribution >= 4 is 28.6 Å². The number of rotatable bonds is 3. The van der Waals surface area contributed by atoms with Crippen molar-refractivity contribution in [2.45, 2.75) is 0 Å². The van der Waals surface area contributed by atoms with E-state index in [1.54, 1.807) is 12.1 Å². The zero-order valence-corrected chi connectivity index (χ0v) is 9.09. The lowest BCUT2D eigenvalue weighted by molar-refractivity contribution is -0.124. The van der Waals surface area contributed by atoms with Crippen LogP contribution in [0.2, 0.25) is 0 Å². The molecule has 1 N–H and O–H groups in total. The minimum atomic E-state index is -0.363. The van der Waals surface area contributed by atoms with Crippen LogP contribution in [0.3, 0.4) is 0 Å². The molecule has 6 heteroatoms. The Morgan fingerprint density at radius 3 is 2.88 bits per heavy atom. The van der Waals surface area contributed by atoms with Crippen LogP contribution in [-0.2, 0) is 4.79 Å². The van der Waals surface area contributed by atoms with Gasteiger partial charge in [-0.25, -0.2) is 4.39 Å². The molecule has 1 aliphatic rings. The van der Waals surface area contributed by atoms with Crippen molar-refractivity contribution in [1.29, 1.82) is 0 Å². The van der Waals surface area contributed by atoms with E-state index < -0.39 is 0 Å². The normalized spacial score (nSPS) is 15.7. The minimum Gasteiger partial charge on any atom is -0.367 e. The van der Waals surface area contributed by atoms with Gasteiger partial charge in [0.1, 0.15) is 5.82 Å². The van der Waals surface area contributed by atoms with Gasteiger partial charge < -0.3 is 5.32 Å². The molecule has 0 unspecified atom stereocenters. The number of thioether (sulfide) groups is 1. The van der Waals surface area contributed by atoms with Crippen LogP contribution >= 0.6 is 11.8 Å². The fraction of sp³-hybridized carbons (Fsp3) is 0.200. The Hall–Kier alpha value is -1.56. The molecule has 1 aromatic rings. The van der Waals surface area contributed by atoms with Crippen LogP contribution in [0.4, 0.5) is 14.9 Å². The average molecular weight is 240 g/mol. The van der Waals surface area contributed by atoms with Crippen LogP contribution < -0.4 is 5.32 Å². The first kappa shape index (κ1) is 10.9. The van der Waals surface area contributed by atoms with Gasteiger partial charge in [0.2, 0.25) is 5.91 Å². The summed E-state index contributed by atoms with van der Waals surface area (Å²) < 4.78 is 12.8. The van der Waals surface area contributed by atoms with E-state index in [2.05, 4.69) is 5.32 Å². The molecule has 1 aliphatic heterocycles. The molecule has 1 aromatic carbocycles. The molecule has 1 saturated heterocycles. The number of nitrogens with one attached hydrogen (secondary N) is 1. The molecule has 0 saturated carbocycles. The third-order valence-corrected chi connectivity index (χ3v) is 2.97. The van der Waals surface area contributed by atoms with Crippen molar-refractivity contribution in [3.8, 4) is 0 Å². The summed E-state index contributed by atoms with van der Waals surface area (Å²) in [6, 6.07) is 5.85. The molecule has 84 valence electrons. The second kappa shape index (κ2) is 4.52. The molecule has 0 atom stereocenters. The first-order valence-electron chi connectivity index (χ1n) is 4.63. The predicted molar refractivity (Wildman–Crippen MR) is 59.6 cm³/mol. The predicted octanol–water partition coefficient (Wildman–Crippen LogP) is 1.89. The molecule has 0 bridgehead atoms. The van der Waals surface area contributed by atoms with Crippen LogP contribution in [0.15, 0.2) is 24.3 Å². The molecular weight excluding hydrogens is 231 g/mol. The maximum absolute atomic E-state index is 12.8. The second-order valence-corrected chi connectivity index (χ2v) is 4.15.